The van der Waals surface area contributed by atoms with E-state index < -0.39 is 0 Å². The van der Waals surface area contributed by atoms with Gasteiger partial charge >= 0.3 is 0 Å². The summed E-state index contributed by atoms with van der Waals surface area (Å²) < 4.78 is 1.37. The number of aromatic nitrogens is 6. The van der Waals surface area contributed by atoms with Gasteiger partial charge in [0.2, 0.25) is 0 Å². The smallest absolute Gasteiger partial charge is 0.254 e. The van der Waals surface area contributed by atoms with Crippen molar-refractivity contribution < 1.29 is 4.79 Å². The zero-order valence-corrected chi connectivity index (χ0v) is 9.95. The van der Waals surface area contributed by atoms with Crippen LogP contribution in [0.3, 0.4) is 0 Å². The first kappa shape index (κ1) is 11.1. The van der Waals surface area contributed by atoms with Crippen molar-refractivity contribution >= 4 is 22.9 Å². The van der Waals surface area contributed by atoms with E-state index in [1.807, 2.05) is 0 Å². The molecule has 0 unspecified atom stereocenters. The van der Waals surface area contributed by atoms with Crippen molar-refractivity contribution in [1.29, 1.82) is 0 Å². The van der Waals surface area contributed by atoms with Crippen LogP contribution in [0.5, 0.6) is 0 Å². The van der Waals surface area contributed by atoms with Gasteiger partial charge < -0.3 is 16.0 Å². The van der Waals surface area contributed by atoms with E-state index in [9.17, 15) is 4.79 Å². The fourth-order valence-corrected chi connectivity index (χ4v) is 1.64. The van der Waals surface area contributed by atoms with Crippen LogP contribution in [-0.2, 0) is 0 Å². The molecule has 1 amide bonds. The van der Waals surface area contributed by atoms with Gasteiger partial charge in [0.25, 0.3) is 11.9 Å². The first-order valence-corrected chi connectivity index (χ1v) is 5.43. The molecule has 0 aromatic carbocycles. The second-order valence-electron chi connectivity index (χ2n) is 3.76. The van der Waals surface area contributed by atoms with Crippen molar-refractivity contribution in [2.45, 2.75) is 0 Å². The number of rotatable bonds is 2. The highest BCUT2D eigenvalue weighted by Gasteiger charge is 2.12. The van der Waals surface area contributed by atoms with Gasteiger partial charge in [0.15, 0.2) is 11.5 Å². The summed E-state index contributed by atoms with van der Waals surface area (Å²) in [6, 6.07) is 0. The van der Waals surface area contributed by atoms with Crippen LogP contribution in [0, 0.1) is 0 Å². The number of anilines is 1. The number of nitrogens with two attached hydrogens (primary N) is 1. The Morgan fingerprint density at radius 1 is 1.47 bits per heavy atom. The number of fused-ring (bicyclic) bond motifs is 1. The lowest BCUT2D eigenvalue weighted by molar-refractivity contribution is 0.0963. The molecule has 3 aromatic rings. The summed E-state index contributed by atoms with van der Waals surface area (Å²) in [5.74, 6) is 0.293. The number of carbonyl (C=O) groups excluding carboxylic acids is 1. The van der Waals surface area contributed by atoms with Gasteiger partial charge in [-0.15, -0.1) is 0 Å². The summed E-state index contributed by atoms with van der Waals surface area (Å²) in [4.78, 5) is 26.6. The Morgan fingerprint density at radius 2 is 2.32 bits per heavy atom. The summed E-state index contributed by atoms with van der Waals surface area (Å²) in [7, 11) is 1.55. The third kappa shape index (κ3) is 1.76. The van der Waals surface area contributed by atoms with Gasteiger partial charge in [-0.2, -0.15) is 15.1 Å². The van der Waals surface area contributed by atoms with Crippen molar-refractivity contribution in [3.05, 3.63) is 24.3 Å². The summed E-state index contributed by atoms with van der Waals surface area (Å²) in [5.41, 5.74) is 7.21. The van der Waals surface area contributed by atoms with Crippen LogP contribution in [0.4, 0.5) is 5.82 Å². The average molecular weight is 258 g/mol. The van der Waals surface area contributed by atoms with E-state index in [-0.39, 0.29) is 17.7 Å². The van der Waals surface area contributed by atoms with Crippen LogP contribution in [0.25, 0.3) is 17.1 Å². The molecule has 9 heteroatoms. The van der Waals surface area contributed by atoms with Gasteiger partial charge in [0.1, 0.15) is 5.52 Å². The average Bonchev–Trinajstić information content (AvgIpc) is 3.06. The Labute approximate surface area is 106 Å². The molecule has 4 N–H and O–H groups in total. The van der Waals surface area contributed by atoms with Crippen LogP contribution < -0.4 is 11.1 Å². The molecule has 3 aromatic heterocycles. The highest BCUT2D eigenvalue weighted by atomic mass is 16.1. The predicted octanol–water partition coefficient (Wildman–Crippen LogP) is -0.520. The molecule has 0 aliphatic carbocycles. The molecule has 0 fully saturated rings. The Balaban J connectivity index is 2.08. The molecule has 0 spiro atoms. The first-order valence-electron chi connectivity index (χ1n) is 5.43. The number of hydrogen-bond donors (Lipinski definition) is 3. The van der Waals surface area contributed by atoms with E-state index in [0.29, 0.717) is 16.7 Å². The Kier molecular flexibility index (Phi) is 2.37. The van der Waals surface area contributed by atoms with E-state index >= 15 is 0 Å². The molecule has 9 nitrogen and oxygen atoms in total. The minimum Gasteiger partial charge on any atom is -0.382 e. The van der Waals surface area contributed by atoms with E-state index in [2.05, 4.69) is 30.4 Å². The summed E-state index contributed by atoms with van der Waals surface area (Å²) >= 11 is 0. The topological polar surface area (TPSA) is 127 Å². The first-order chi connectivity index (χ1) is 9.19. The van der Waals surface area contributed by atoms with Crippen LogP contribution in [0.15, 0.2) is 18.7 Å². The third-order valence-corrected chi connectivity index (χ3v) is 2.58. The van der Waals surface area contributed by atoms with Gasteiger partial charge in [-0.3, -0.25) is 4.79 Å². The Morgan fingerprint density at radius 3 is 3.11 bits per heavy atom. The van der Waals surface area contributed by atoms with E-state index in [0.717, 1.165) is 0 Å². The van der Waals surface area contributed by atoms with E-state index in [1.54, 1.807) is 7.05 Å². The van der Waals surface area contributed by atoms with Crippen molar-refractivity contribution in [2.24, 2.45) is 0 Å². The lowest BCUT2D eigenvalue weighted by Crippen LogP contribution is -2.17. The van der Waals surface area contributed by atoms with Crippen LogP contribution >= 0.6 is 0 Å². The molecule has 0 atom stereocenters. The maximum absolute atomic E-state index is 11.4. The molecule has 96 valence electrons. The molecule has 0 radical (unpaired) electrons. The molecule has 0 aliphatic rings. The number of nitrogens with one attached hydrogen (secondary N) is 2. The number of nitrogens with zero attached hydrogens (tertiary/aromatic N) is 5. The van der Waals surface area contributed by atoms with Crippen LogP contribution in [0.1, 0.15) is 10.4 Å². The Bertz CT molecular complexity index is 758. The summed E-state index contributed by atoms with van der Waals surface area (Å²) in [6.07, 6.45) is 4.43. The number of aromatic amines is 1. The fraction of sp³-hybridized carbons (Fsp3) is 0.100. The Hall–Kier alpha value is -2.97. The molecule has 19 heavy (non-hydrogen) atoms. The SMILES string of the molecule is CNC(=O)c1cnn(-c2nc(N)c3[nH]cnc3n2)c1. The zero-order chi connectivity index (χ0) is 13.4. The number of H-pyrrole nitrogens is 1. The molecule has 0 saturated heterocycles. The van der Waals surface area contributed by atoms with Gasteiger partial charge in [0.05, 0.1) is 18.1 Å². The lowest BCUT2D eigenvalue weighted by atomic mass is 10.3. The quantitative estimate of drug-likeness (QED) is 0.567. The van der Waals surface area contributed by atoms with Crippen molar-refractivity contribution in [3.8, 4) is 5.95 Å². The molecular formula is C10H10N8O. The predicted molar refractivity (Wildman–Crippen MR) is 66.6 cm³/mol. The monoisotopic (exact) mass is 258 g/mol. The number of carbonyl (C=O) groups is 1. The minimum absolute atomic E-state index is 0.236. The molecular weight excluding hydrogens is 248 g/mol. The molecule has 3 rings (SSSR count). The van der Waals surface area contributed by atoms with Gasteiger partial charge in [0, 0.05) is 13.2 Å². The fourth-order valence-electron chi connectivity index (χ4n) is 1.64. The van der Waals surface area contributed by atoms with Crippen LogP contribution in [0.2, 0.25) is 0 Å². The van der Waals surface area contributed by atoms with Crippen LogP contribution in [-0.4, -0.2) is 42.7 Å². The summed E-state index contributed by atoms with van der Waals surface area (Å²) in [5, 5.41) is 6.53. The maximum atomic E-state index is 11.4. The zero-order valence-electron chi connectivity index (χ0n) is 9.95. The number of hydrogen-bond acceptors (Lipinski definition) is 6. The molecule has 0 aliphatic heterocycles. The largest absolute Gasteiger partial charge is 0.382 e. The number of imidazole rings is 1. The standard InChI is InChI=1S/C10H10N8O/c1-12-9(19)5-2-15-18(3-5)10-16-7(11)6-8(17-10)14-4-13-6/h2-4H,1H3,(H,12,19)(H3,11,13,14,16,17). The highest BCUT2D eigenvalue weighted by Crippen LogP contribution is 2.14. The van der Waals surface area contributed by atoms with E-state index in [4.69, 9.17) is 5.73 Å². The molecule has 0 saturated carbocycles. The highest BCUT2D eigenvalue weighted by molar-refractivity contribution is 5.93. The van der Waals surface area contributed by atoms with E-state index in [1.165, 1.54) is 23.4 Å². The van der Waals surface area contributed by atoms with Gasteiger partial charge in [-0.25, -0.2) is 9.67 Å². The second kappa shape index (κ2) is 4.05. The lowest BCUT2D eigenvalue weighted by Gasteiger charge is -2.00. The van der Waals surface area contributed by atoms with Crippen molar-refractivity contribution in [1.82, 2.24) is 35.0 Å². The number of amides is 1. The van der Waals surface area contributed by atoms with Crippen molar-refractivity contribution in [3.63, 3.8) is 0 Å². The maximum Gasteiger partial charge on any atom is 0.254 e. The molecule has 3 heterocycles. The normalized spacial score (nSPS) is 10.8. The third-order valence-electron chi connectivity index (χ3n) is 2.58. The van der Waals surface area contributed by atoms with Gasteiger partial charge in [-0.1, -0.05) is 0 Å². The molecule has 0 bridgehead atoms. The second-order valence-corrected chi connectivity index (χ2v) is 3.76. The van der Waals surface area contributed by atoms with Gasteiger partial charge in [-0.05, 0) is 0 Å². The van der Waals surface area contributed by atoms with Crippen molar-refractivity contribution in [2.75, 3.05) is 12.8 Å². The number of nitrogen functional groups attached to an aromatic ring is 1. The minimum atomic E-state index is -0.236. The summed E-state index contributed by atoms with van der Waals surface area (Å²) in [6.45, 7) is 0.